The predicted molar refractivity (Wildman–Crippen MR) is 247 cm³/mol. The van der Waals surface area contributed by atoms with Crippen molar-refractivity contribution in [2.24, 2.45) is 0 Å². The fourth-order valence-corrected chi connectivity index (χ4v) is 10.2. The van der Waals surface area contributed by atoms with E-state index in [1.54, 1.807) is 21.7 Å². The molecule has 1 atom stereocenters. The third-order valence-electron chi connectivity index (χ3n) is 13.6. The van der Waals surface area contributed by atoms with Gasteiger partial charge in [0.15, 0.2) is 18.2 Å². The Labute approximate surface area is 382 Å². The molecule has 3 saturated heterocycles. The maximum Gasteiger partial charge on any atom is 0.293 e. The van der Waals surface area contributed by atoms with Crippen LogP contribution in [-0.2, 0) is 25.7 Å². The topological polar surface area (TPSA) is 184 Å². The van der Waals surface area contributed by atoms with Crippen LogP contribution in [0.15, 0.2) is 53.5 Å². The van der Waals surface area contributed by atoms with Crippen LogP contribution in [0.4, 0.5) is 23.1 Å². The first-order valence-corrected chi connectivity index (χ1v) is 23.1. The lowest BCUT2D eigenvalue weighted by Crippen LogP contribution is -2.64. The summed E-state index contributed by atoms with van der Waals surface area (Å²) >= 11 is 6.61. The summed E-state index contributed by atoms with van der Waals surface area (Å²) in [6.07, 6.45) is 6.35. The van der Waals surface area contributed by atoms with E-state index in [-0.39, 0.29) is 65.8 Å². The molecular formula is C47H57ClN10O7. The molecule has 65 heavy (non-hydrogen) atoms. The van der Waals surface area contributed by atoms with E-state index in [2.05, 4.69) is 55.5 Å². The van der Waals surface area contributed by atoms with Crippen LogP contribution in [0.3, 0.4) is 0 Å². The Morgan fingerprint density at radius 2 is 1.77 bits per heavy atom. The Bertz CT molecular complexity index is 2590. The Morgan fingerprint density at radius 3 is 2.49 bits per heavy atom. The maximum atomic E-state index is 13.3. The van der Waals surface area contributed by atoms with E-state index in [9.17, 15) is 24.0 Å². The van der Waals surface area contributed by atoms with Crippen LogP contribution in [-0.4, -0.2) is 124 Å². The van der Waals surface area contributed by atoms with Gasteiger partial charge in [-0.3, -0.25) is 34.2 Å². The van der Waals surface area contributed by atoms with Crippen molar-refractivity contribution in [2.75, 3.05) is 61.5 Å². The van der Waals surface area contributed by atoms with E-state index in [4.69, 9.17) is 26.1 Å². The number of hydrogen-bond donors (Lipinski definition) is 3. The highest BCUT2D eigenvalue weighted by Crippen LogP contribution is 2.38. The van der Waals surface area contributed by atoms with E-state index in [1.807, 2.05) is 44.2 Å². The van der Waals surface area contributed by atoms with Crippen LogP contribution in [0.1, 0.15) is 88.2 Å². The molecule has 9 rings (SSSR count). The van der Waals surface area contributed by atoms with Gasteiger partial charge in [-0.25, -0.2) is 4.98 Å². The molecule has 0 unspecified atom stereocenters. The number of anilines is 4. The minimum absolute atomic E-state index is 0.0931. The highest BCUT2D eigenvalue weighted by molar-refractivity contribution is 6.33. The largest absolute Gasteiger partial charge is 0.478 e. The lowest BCUT2D eigenvalue weighted by atomic mass is 9.85. The van der Waals surface area contributed by atoms with Gasteiger partial charge in [-0.2, -0.15) is 4.98 Å². The summed E-state index contributed by atoms with van der Waals surface area (Å²) in [6.45, 7) is 12.7. The van der Waals surface area contributed by atoms with E-state index < -0.39 is 11.9 Å². The molecule has 4 aromatic rings. The first-order valence-electron chi connectivity index (χ1n) is 22.7. The van der Waals surface area contributed by atoms with Crippen LogP contribution < -0.4 is 36.0 Å². The number of piperazine rings is 1. The van der Waals surface area contributed by atoms with Gasteiger partial charge >= 0.3 is 0 Å². The summed E-state index contributed by atoms with van der Waals surface area (Å²) in [5, 5.41) is 9.36. The number of pyridine rings is 1. The second-order valence-electron chi connectivity index (χ2n) is 18.8. The number of amides is 4. The molecule has 1 aliphatic carbocycles. The van der Waals surface area contributed by atoms with Gasteiger partial charge in [0.05, 0.1) is 23.9 Å². The molecule has 4 amide bonds. The second kappa shape index (κ2) is 17.9. The summed E-state index contributed by atoms with van der Waals surface area (Å²) in [4.78, 5) is 80.9. The third kappa shape index (κ3) is 8.97. The number of fused-ring (bicyclic) bond motifs is 2. The fraction of sp³-hybridized carbons (Fsp3) is 0.511. The molecule has 344 valence electrons. The quantitative estimate of drug-likeness (QED) is 0.166. The summed E-state index contributed by atoms with van der Waals surface area (Å²) in [6, 6.07) is 13.0. The molecule has 1 saturated carbocycles. The van der Waals surface area contributed by atoms with Gasteiger partial charge in [0, 0.05) is 92.7 Å². The molecule has 2 aromatic carbocycles. The molecule has 3 N–H and O–H groups in total. The zero-order chi connectivity index (χ0) is 45.7. The van der Waals surface area contributed by atoms with Crippen molar-refractivity contribution < 1.29 is 28.7 Å². The fourth-order valence-electron chi connectivity index (χ4n) is 10.1. The molecule has 0 bridgehead atoms. The number of carbonyl (C=O) groups excluding carboxylic acids is 4. The average Bonchev–Trinajstić information content (AvgIpc) is 3.58. The Balaban J connectivity index is 0.759. The van der Waals surface area contributed by atoms with Crippen LogP contribution in [0.5, 0.6) is 5.75 Å². The lowest BCUT2D eigenvalue weighted by Gasteiger charge is -2.53. The van der Waals surface area contributed by atoms with Crippen LogP contribution >= 0.6 is 11.6 Å². The normalized spacial score (nSPS) is 22.5. The minimum Gasteiger partial charge on any atom is -0.478 e. The maximum absolute atomic E-state index is 13.3. The highest BCUT2D eigenvalue weighted by Gasteiger charge is 2.43. The first-order chi connectivity index (χ1) is 31.1. The van der Waals surface area contributed by atoms with Crippen molar-refractivity contribution in [3.63, 3.8) is 0 Å². The SMILES string of the molecule is CNC(=O)COc1cc2cc(Nc3nc(N4CCC(OC5CC(N6CCN(c7ccc8c(c7)CN([C@@H]7CCC(=O)NC7=O)C8=O)C(C)(C)C6)C5)CC4)ncc3Cl)ccc2n(C(C)C)c1=O. The predicted octanol–water partition coefficient (Wildman–Crippen LogP) is 4.77. The Morgan fingerprint density at radius 1 is 0.985 bits per heavy atom. The molecular weight excluding hydrogens is 852 g/mol. The van der Waals surface area contributed by atoms with Crippen molar-refractivity contribution in [3.8, 4) is 5.75 Å². The monoisotopic (exact) mass is 908 g/mol. The van der Waals surface area contributed by atoms with Gasteiger partial charge in [0.2, 0.25) is 17.8 Å². The molecule has 17 nitrogen and oxygen atoms in total. The molecule has 6 heterocycles. The van der Waals surface area contributed by atoms with Crippen molar-refractivity contribution >= 4 is 69.3 Å². The summed E-state index contributed by atoms with van der Waals surface area (Å²) in [5.41, 5.74) is 3.64. The number of ether oxygens (including phenoxy) is 2. The summed E-state index contributed by atoms with van der Waals surface area (Å²) < 4.78 is 13.9. The minimum atomic E-state index is -0.623. The highest BCUT2D eigenvalue weighted by atomic mass is 35.5. The van der Waals surface area contributed by atoms with Crippen LogP contribution in [0.2, 0.25) is 5.02 Å². The van der Waals surface area contributed by atoms with Gasteiger partial charge in [-0.05, 0) is 108 Å². The number of benzene rings is 2. The number of imide groups is 1. The van der Waals surface area contributed by atoms with Gasteiger partial charge in [0.1, 0.15) is 11.1 Å². The molecule has 18 heteroatoms. The Hall–Kier alpha value is -5.78. The van der Waals surface area contributed by atoms with Gasteiger partial charge in [-0.15, -0.1) is 0 Å². The Kier molecular flexibility index (Phi) is 12.2. The van der Waals surface area contributed by atoms with E-state index in [0.717, 1.165) is 80.6 Å². The van der Waals surface area contributed by atoms with E-state index in [1.165, 1.54) is 7.05 Å². The van der Waals surface area contributed by atoms with Crippen LogP contribution in [0.25, 0.3) is 10.9 Å². The van der Waals surface area contributed by atoms with Gasteiger partial charge < -0.3 is 39.4 Å². The van der Waals surface area contributed by atoms with E-state index in [0.29, 0.717) is 47.0 Å². The zero-order valence-corrected chi connectivity index (χ0v) is 38.3. The number of nitrogens with zero attached hydrogens (tertiary/aromatic N) is 7. The molecule has 4 fully saturated rings. The van der Waals surface area contributed by atoms with E-state index >= 15 is 0 Å². The smallest absolute Gasteiger partial charge is 0.293 e. The van der Waals surface area contributed by atoms with Crippen molar-refractivity contribution in [3.05, 3.63) is 75.2 Å². The third-order valence-corrected chi connectivity index (χ3v) is 13.9. The lowest BCUT2D eigenvalue weighted by molar-refractivity contribution is -0.137. The number of hydrogen-bond acceptors (Lipinski definition) is 13. The standard InChI is InChI=1S/C47H57ClN10O7/c1-27(2)58-37-9-6-30(18-28(37)20-39(45(58)63)64-25-41(60)49-5)51-42-36(48)23-50-46(53-42)54-14-12-33(13-15-54)65-34-21-32(22-34)55-16-17-57(47(3,4)26-55)31-7-8-35-29(19-31)24-56(44(35)62)38-10-11-40(59)52-43(38)61/h6-9,18-20,23,27,32-34,38H,10-17,21-22,24-26H2,1-5H3,(H,49,60)(H,50,51,53)(H,52,59,61)/t32?,34?,38-/m1/s1. The van der Waals surface area contributed by atoms with Crippen molar-refractivity contribution in [1.82, 2.24) is 35.0 Å². The first kappa shape index (κ1) is 44.4. The molecule has 5 aliphatic rings. The van der Waals surface area contributed by atoms with Gasteiger partial charge in [0.25, 0.3) is 17.4 Å². The summed E-state index contributed by atoms with van der Waals surface area (Å²) in [7, 11) is 1.52. The number of rotatable bonds is 12. The van der Waals surface area contributed by atoms with Crippen LogP contribution in [0, 0.1) is 0 Å². The summed E-state index contributed by atoms with van der Waals surface area (Å²) in [5.74, 6) is -0.0207. The van der Waals surface area contributed by atoms with Gasteiger partial charge in [-0.1, -0.05) is 11.6 Å². The number of halogens is 1. The molecule has 0 radical (unpaired) electrons. The molecule has 0 spiro atoms. The number of carbonyl (C=O) groups is 4. The molecule has 2 aromatic heterocycles. The number of aromatic nitrogens is 3. The number of likely N-dealkylation sites (N-methyl/N-ethyl adjacent to an activating group) is 1. The zero-order valence-electron chi connectivity index (χ0n) is 37.6. The number of nitrogens with one attached hydrogen (secondary N) is 3. The molecule has 4 aliphatic heterocycles. The van der Waals surface area contributed by atoms with Crippen molar-refractivity contribution in [1.29, 1.82) is 0 Å². The average molecular weight is 909 g/mol. The van der Waals surface area contributed by atoms with Crippen molar-refractivity contribution in [2.45, 2.75) is 109 Å². The second-order valence-corrected chi connectivity index (χ2v) is 19.2. The number of piperidine rings is 2.